The van der Waals surface area contributed by atoms with Gasteiger partial charge in [0.05, 0.1) is 18.1 Å². The van der Waals surface area contributed by atoms with Crippen LogP contribution in [-0.2, 0) is 23.6 Å². The molecule has 2 aromatic rings. The van der Waals surface area contributed by atoms with Gasteiger partial charge in [-0.25, -0.2) is 17.9 Å². The van der Waals surface area contributed by atoms with Crippen molar-refractivity contribution in [3.8, 4) is 0 Å². The van der Waals surface area contributed by atoms with E-state index >= 15 is 0 Å². The summed E-state index contributed by atoms with van der Waals surface area (Å²) in [4.78, 5) is 11.7. The maximum Gasteiger partial charge on any atom is 0.333 e. The first-order chi connectivity index (χ1) is 14.3. The number of anilines is 1. The molecule has 2 aromatic carbocycles. The third-order valence-electron chi connectivity index (χ3n) is 3.44. The molecule has 0 saturated heterocycles. The average Bonchev–Trinajstić information content (AvgIpc) is 2.71. The summed E-state index contributed by atoms with van der Waals surface area (Å²) < 4.78 is 46.2. The van der Waals surface area contributed by atoms with E-state index in [-0.39, 0.29) is 4.90 Å². The Morgan fingerprint density at radius 2 is 1.47 bits per heavy atom. The van der Waals surface area contributed by atoms with Crippen LogP contribution in [0, 0.1) is 6.92 Å². The highest BCUT2D eigenvalue weighted by Gasteiger charge is 2.17. The molecule has 2 N–H and O–H groups in total. The summed E-state index contributed by atoms with van der Waals surface area (Å²) in [5.74, 6) is 0. The second-order valence-corrected chi connectivity index (χ2v) is 8.95. The van der Waals surface area contributed by atoms with Crippen molar-refractivity contribution in [2.24, 2.45) is 0 Å². The Balaban J connectivity index is 0.000000382. The Morgan fingerprint density at radius 3 is 1.97 bits per heavy atom. The van der Waals surface area contributed by atoms with E-state index < -0.39 is 24.3 Å². The van der Waals surface area contributed by atoms with Gasteiger partial charge in [0.15, 0.2) is 0 Å². The number of carbonyl (C=O) groups excluding carboxylic acids is 1. The van der Waals surface area contributed by atoms with Crippen molar-refractivity contribution < 1.29 is 26.8 Å². The summed E-state index contributed by atoms with van der Waals surface area (Å²) in [6.45, 7) is 6.85. The van der Waals surface area contributed by atoms with Crippen LogP contribution in [0.5, 0.6) is 0 Å². The van der Waals surface area contributed by atoms with Crippen molar-refractivity contribution >= 4 is 30.0 Å². The first kappa shape index (κ1) is 25.8. The molecule has 0 bridgehead atoms. The van der Waals surface area contributed by atoms with E-state index in [1.807, 2.05) is 25.5 Å². The third kappa shape index (κ3) is 10.5. The lowest BCUT2D eigenvalue weighted by molar-refractivity contribution is 0.226. The zero-order valence-corrected chi connectivity index (χ0v) is 19.2. The van der Waals surface area contributed by atoms with Gasteiger partial charge in [0.25, 0.3) is 10.0 Å². The Bertz CT molecular complexity index is 879. The van der Waals surface area contributed by atoms with Gasteiger partial charge in [0.2, 0.25) is 0 Å². The van der Waals surface area contributed by atoms with Gasteiger partial charge in [-0.3, -0.25) is 4.57 Å². The molecule has 10 heteroatoms. The number of sulfonamides is 1. The molecule has 0 heterocycles. The summed E-state index contributed by atoms with van der Waals surface area (Å²) in [6.07, 6.45) is 1.76. The van der Waals surface area contributed by atoms with Gasteiger partial charge in [0, 0.05) is 5.69 Å². The molecular weight excluding hydrogens is 427 g/mol. The normalized spacial score (nSPS) is 10.8. The maximum absolute atomic E-state index is 12.0. The number of amides is 2. The highest BCUT2D eigenvalue weighted by Crippen LogP contribution is 2.23. The molecule has 0 atom stereocenters. The minimum Gasteiger partial charge on any atom is -0.311 e. The van der Waals surface area contributed by atoms with Gasteiger partial charge < -0.3 is 14.4 Å². The molecule has 0 aliphatic rings. The van der Waals surface area contributed by atoms with Gasteiger partial charge in [0.1, 0.15) is 0 Å². The van der Waals surface area contributed by atoms with Crippen LogP contribution in [0.4, 0.5) is 10.5 Å². The predicted molar refractivity (Wildman–Crippen MR) is 118 cm³/mol. The number of hydrogen-bond acceptors (Lipinski definition) is 6. The van der Waals surface area contributed by atoms with E-state index in [1.54, 1.807) is 42.5 Å². The van der Waals surface area contributed by atoms with Gasteiger partial charge in [-0.15, -0.1) is 0 Å². The summed E-state index contributed by atoms with van der Waals surface area (Å²) in [5.41, 5.74) is 1.46. The number of urea groups is 1. The molecule has 0 spiro atoms. The number of para-hydroxylation sites is 1. The quantitative estimate of drug-likeness (QED) is 0.528. The summed E-state index contributed by atoms with van der Waals surface area (Å²) in [5, 5.41) is 2.45. The molecule has 0 aliphatic heterocycles. The van der Waals surface area contributed by atoms with E-state index in [9.17, 15) is 17.8 Å². The van der Waals surface area contributed by atoms with Crippen molar-refractivity contribution in [1.82, 2.24) is 4.72 Å². The van der Waals surface area contributed by atoms with Crippen LogP contribution >= 0.6 is 8.25 Å². The molecule has 0 aliphatic carbocycles. The lowest BCUT2D eigenvalue weighted by atomic mass is 10.2. The van der Waals surface area contributed by atoms with E-state index in [1.165, 1.54) is 12.1 Å². The Morgan fingerprint density at radius 1 is 0.933 bits per heavy atom. The van der Waals surface area contributed by atoms with Crippen LogP contribution < -0.4 is 10.0 Å². The largest absolute Gasteiger partial charge is 0.333 e. The van der Waals surface area contributed by atoms with Crippen molar-refractivity contribution in [3.63, 3.8) is 0 Å². The van der Waals surface area contributed by atoms with Gasteiger partial charge in [-0.05, 0) is 44.0 Å². The molecule has 30 heavy (non-hydrogen) atoms. The minimum atomic E-state index is -3.86. The monoisotopic (exact) mass is 456 g/mol. The van der Waals surface area contributed by atoms with Gasteiger partial charge >= 0.3 is 14.3 Å². The number of carbonyl (C=O) groups is 1. The van der Waals surface area contributed by atoms with E-state index in [4.69, 9.17) is 9.05 Å². The fourth-order valence-corrected chi connectivity index (χ4v) is 3.72. The molecule has 166 valence electrons. The minimum absolute atomic E-state index is 0.0475. The highest BCUT2D eigenvalue weighted by molar-refractivity contribution is 7.90. The number of hydrogen-bond donors (Lipinski definition) is 2. The maximum atomic E-state index is 12.0. The predicted octanol–water partition coefficient (Wildman–Crippen LogP) is 4.73. The van der Waals surface area contributed by atoms with Crippen LogP contribution in [0.3, 0.4) is 0 Å². The Labute approximate surface area is 179 Å². The zero-order valence-electron chi connectivity index (χ0n) is 17.4. The molecule has 0 unspecified atom stereocenters. The lowest BCUT2D eigenvalue weighted by Crippen LogP contribution is -2.34. The zero-order chi connectivity index (χ0) is 22.4. The van der Waals surface area contributed by atoms with E-state index in [2.05, 4.69) is 5.32 Å². The standard InChI is InChI=1S/C14H14N2O3S.C6H15O3P/c1-11-7-9-13(10-8-11)20(18,19)16-14(17)15-12-5-3-2-4-6-12;1-3-5-8-10(7)9-6-4-2/h2-10H,1H3,(H2,15,16,17);10H,3-6H2,1-2H3. The topological polar surface area (TPSA) is 111 Å². The lowest BCUT2D eigenvalue weighted by Gasteiger charge is -2.08. The first-order valence-electron chi connectivity index (χ1n) is 9.53. The molecule has 0 radical (unpaired) electrons. The van der Waals surface area contributed by atoms with Gasteiger partial charge in [-0.1, -0.05) is 49.7 Å². The first-order valence-corrected chi connectivity index (χ1v) is 12.2. The SMILES string of the molecule is CCCO[PH](=O)OCCC.Cc1ccc(S(=O)(=O)NC(=O)Nc2ccccc2)cc1. The van der Waals surface area contributed by atoms with Crippen LogP contribution in [0.25, 0.3) is 0 Å². The van der Waals surface area contributed by atoms with E-state index in [0.29, 0.717) is 18.9 Å². The van der Waals surface area contributed by atoms with Crippen LogP contribution in [0.15, 0.2) is 59.5 Å². The molecule has 0 fully saturated rings. The van der Waals surface area contributed by atoms with Crippen LogP contribution in [0.1, 0.15) is 32.3 Å². The number of aryl methyl sites for hydroxylation is 1. The number of rotatable bonds is 9. The Hall–Kier alpha value is -2.19. The molecule has 0 saturated carbocycles. The second-order valence-electron chi connectivity index (χ2n) is 6.19. The summed E-state index contributed by atoms with van der Waals surface area (Å²) in [7, 11) is -6.02. The molecule has 2 rings (SSSR count). The highest BCUT2D eigenvalue weighted by atomic mass is 32.2. The third-order valence-corrected chi connectivity index (χ3v) is 5.66. The fraction of sp³-hybridized carbons (Fsp3) is 0.350. The van der Waals surface area contributed by atoms with Crippen molar-refractivity contribution in [2.75, 3.05) is 18.5 Å². The van der Waals surface area contributed by atoms with E-state index in [0.717, 1.165) is 18.4 Å². The summed E-state index contributed by atoms with van der Waals surface area (Å²) in [6, 6.07) is 14.1. The van der Waals surface area contributed by atoms with Gasteiger partial charge in [-0.2, -0.15) is 0 Å². The molecular formula is C20H29N2O6PS. The smallest absolute Gasteiger partial charge is 0.311 e. The van der Waals surface area contributed by atoms with Crippen LogP contribution in [-0.4, -0.2) is 27.7 Å². The molecule has 2 amide bonds. The number of benzene rings is 2. The summed E-state index contributed by atoms with van der Waals surface area (Å²) >= 11 is 0. The fourth-order valence-electron chi connectivity index (χ4n) is 1.99. The number of nitrogens with one attached hydrogen (secondary N) is 2. The second kappa shape index (κ2) is 13.9. The average molecular weight is 457 g/mol. The van der Waals surface area contributed by atoms with Crippen molar-refractivity contribution in [2.45, 2.75) is 38.5 Å². The van der Waals surface area contributed by atoms with Crippen LogP contribution in [0.2, 0.25) is 0 Å². The molecule has 8 nitrogen and oxygen atoms in total. The van der Waals surface area contributed by atoms with Crippen molar-refractivity contribution in [3.05, 3.63) is 60.2 Å². The molecule has 0 aromatic heterocycles. The van der Waals surface area contributed by atoms with Crippen molar-refractivity contribution in [1.29, 1.82) is 0 Å². The Kier molecular flexibility index (Phi) is 12.0.